The minimum Gasteiger partial charge on any atom is -0.394 e. The van der Waals surface area contributed by atoms with E-state index in [-0.39, 0.29) is 31.3 Å². The summed E-state index contributed by atoms with van der Waals surface area (Å²) in [7, 11) is -4.02. The predicted octanol–water partition coefficient (Wildman–Crippen LogP) is -1.05. The number of ether oxygens (including phenoxy) is 1. The van der Waals surface area contributed by atoms with Gasteiger partial charge in [-0.25, -0.2) is 0 Å². The van der Waals surface area contributed by atoms with E-state index in [4.69, 9.17) is 29.7 Å². The highest BCUT2D eigenvalue weighted by Gasteiger charge is 2.07. The molecule has 8 nitrogen and oxygen atoms in total. The summed E-state index contributed by atoms with van der Waals surface area (Å²) in [6.07, 6.45) is -1.83. The molecule has 0 saturated carbocycles. The first kappa shape index (κ1) is 20.9. The highest BCUT2D eigenvalue weighted by molar-refractivity contribution is 7.85. The van der Waals surface area contributed by atoms with Crippen molar-refractivity contribution >= 4 is 10.1 Å². The van der Waals surface area contributed by atoms with Crippen LogP contribution in [-0.4, -0.2) is 72.0 Å². The summed E-state index contributed by atoms with van der Waals surface area (Å²) >= 11 is 0. The Morgan fingerprint density at radius 2 is 1.41 bits per heavy atom. The molecule has 5 N–H and O–H groups in total. The van der Waals surface area contributed by atoms with Crippen LogP contribution in [0.15, 0.2) is 29.2 Å². The summed E-state index contributed by atoms with van der Waals surface area (Å²) in [4.78, 5) is -0.0666. The molecule has 0 aliphatic carbocycles. The number of hydrogen-bond acceptors (Lipinski definition) is 7. The van der Waals surface area contributed by atoms with Crippen LogP contribution in [0.4, 0.5) is 0 Å². The van der Waals surface area contributed by atoms with Gasteiger partial charge in [0.15, 0.2) is 0 Å². The van der Waals surface area contributed by atoms with Crippen molar-refractivity contribution in [3.8, 4) is 0 Å². The number of aryl methyl sites for hydroxylation is 1. The van der Waals surface area contributed by atoms with Crippen molar-refractivity contribution < 1.29 is 38.1 Å². The molecular formula is C13H22O8S. The standard InChI is InChI=1S/C7H8O3S.C6H14O5/c1-6-2-4-7(5-3-6)11(8,9)10;7-1-5(9)3-11-4-6(10)2-8/h2-5H,1H3,(H,8,9,10);5-10H,1-4H2. The Hall–Kier alpha value is -1.07. The van der Waals surface area contributed by atoms with Gasteiger partial charge < -0.3 is 25.2 Å². The molecule has 128 valence electrons. The van der Waals surface area contributed by atoms with E-state index in [1.807, 2.05) is 6.92 Å². The van der Waals surface area contributed by atoms with Gasteiger partial charge in [0, 0.05) is 0 Å². The van der Waals surface area contributed by atoms with E-state index in [1.54, 1.807) is 12.1 Å². The van der Waals surface area contributed by atoms with Crippen molar-refractivity contribution in [2.45, 2.75) is 24.0 Å². The Bertz CT molecular complexity index is 489. The van der Waals surface area contributed by atoms with Crippen LogP contribution in [-0.2, 0) is 14.9 Å². The molecule has 0 radical (unpaired) electrons. The monoisotopic (exact) mass is 338 g/mol. The van der Waals surface area contributed by atoms with E-state index in [1.165, 1.54) is 12.1 Å². The Morgan fingerprint density at radius 1 is 1.00 bits per heavy atom. The normalized spacial score (nSPS) is 13.9. The molecule has 1 aromatic carbocycles. The molecule has 0 aliphatic heterocycles. The summed E-state index contributed by atoms with van der Waals surface area (Å²) in [6.45, 7) is 1.04. The number of benzene rings is 1. The van der Waals surface area contributed by atoms with Gasteiger partial charge in [-0.15, -0.1) is 0 Å². The van der Waals surface area contributed by atoms with Crippen molar-refractivity contribution in [1.82, 2.24) is 0 Å². The molecule has 0 saturated heterocycles. The zero-order valence-electron chi connectivity index (χ0n) is 12.2. The highest BCUT2D eigenvalue weighted by Crippen LogP contribution is 2.08. The zero-order chi connectivity index (χ0) is 17.2. The number of hydrogen-bond donors (Lipinski definition) is 5. The lowest BCUT2D eigenvalue weighted by molar-refractivity contribution is -0.0364. The van der Waals surface area contributed by atoms with Crippen LogP contribution < -0.4 is 0 Å². The minimum absolute atomic E-state index is 0.0342. The van der Waals surface area contributed by atoms with Gasteiger partial charge in [0.25, 0.3) is 10.1 Å². The van der Waals surface area contributed by atoms with E-state index >= 15 is 0 Å². The van der Waals surface area contributed by atoms with E-state index in [0.29, 0.717) is 0 Å². The number of rotatable bonds is 7. The second-order valence-corrected chi connectivity index (χ2v) is 5.92. The van der Waals surface area contributed by atoms with Crippen LogP contribution in [0.2, 0.25) is 0 Å². The Morgan fingerprint density at radius 3 is 1.73 bits per heavy atom. The number of aliphatic hydroxyl groups excluding tert-OH is 4. The van der Waals surface area contributed by atoms with E-state index in [9.17, 15) is 8.42 Å². The molecule has 0 bridgehead atoms. The molecule has 1 aromatic rings. The highest BCUT2D eigenvalue weighted by atomic mass is 32.2. The van der Waals surface area contributed by atoms with Crippen LogP contribution in [0.1, 0.15) is 5.56 Å². The van der Waals surface area contributed by atoms with Crippen LogP contribution in [0.25, 0.3) is 0 Å². The van der Waals surface area contributed by atoms with Crippen molar-refractivity contribution in [2.24, 2.45) is 0 Å². The smallest absolute Gasteiger partial charge is 0.294 e. The van der Waals surface area contributed by atoms with Crippen LogP contribution >= 0.6 is 0 Å². The number of aliphatic hydroxyl groups is 4. The average molecular weight is 338 g/mol. The van der Waals surface area contributed by atoms with Gasteiger partial charge in [0.1, 0.15) is 12.2 Å². The predicted molar refractivity (Wildman–Crippen MR) is 78.0 cm³/mol. The first-order chi connectivity index (χ1) is 10.2. The third kappa shape index (κ3) is 9.79. The minimum atomic E-state index is -4.02. The maximum absolute atomic E-state index is 10.5. The maximum atomic E-state index is 10.5. The lowest BCUT2D eigenvalue weighted by Gasteiger charge is -2.10. The summed E-state index contributed by atoms with van der Waals surface area (Å²) in [5.74, 6) is 0. The molecule has 2 atom stereocenters. The fourth-order valence-electron chi connectivity index (χ4n) is 1.16. The van der Waals surface area contributed by atoms with Gasteiger partial charge in [-0.2, -0.15) is 8.42 Å². The molecule has 0 aliphatic rings. The summed E-state index contributed by atoms with van der Waals surface area (Å²) in [5.41, 5.74) is 0.956. The van der Waals surface area contributed by atoms with E-state index in [0.717, 1.165) is 5.56 Å². The van der Waals surface area contributed by atoms with Crippen molar-refractivity contribution in [1.29, 1.82) is 0 Å². The van der Waals surface area contributed by atoms with Gasteiger partial charge in [-0.05, 0) is 19.1 Å². The molecule has 0 amide bonds. The fourth-order valence-corrected chi connectivity index (χ4v) is 1.64. The van der Waals surface area contributed by atoms with Crippen LogP contribution in [0.5, 0.6) is 0 Å². The van der Waals surface area contributed by atoms with Gasteiger partial charge in [0.2, 0.25) is 0 Å². The Balaban J connectivity index is 0.000000401. The summed E-state index contributed by atoms with van der Waals surface area (Å²) in [6, 6.07) is 5.99. The third-order valence-electron chi connectivity index (χ3n) is 2.36. The van der Waals surface area contributed by atoms with Gasteiger partial charge >= 0.3 is 0 Å². The summed E-state index contributed by atoms with van der Waals surface area (Å²) < 4.78 is 34.3. The second kappa shape index (κ2) is 10.6. The molecule has 0 fully saturated rings. The van der Waals surface area contributed by atoms with Gasteiger partial charge in [0.05, 0.1) is 31.3 Å². The molecular weight excluding hydrogens is 316 g/mol. The lowest BCUT2D eigenvalue weighted by atomic mass is 10.2. The quantitative estimate of drug-likeness (QED) is 0.396. The first-order valence-corrected chi connectivity index (χ1v) is 7.84. The molecule has 2 unspecified atom stereocenters. The Labute approximate surface area is 129 Å². The third-order valence-corrected chi connectivity index (χ3v) is 3.23. The summed E-state index contributed by atoms with van der Waals surface area (Å²) in [5, 5.41) is 34.1. The topological polar surface area (TPSA) is 145 Å². The SMILES string of the molecule is Cc1ccc(S(=O)(=O)O)cc1.OCC(O)COCC(O)CO. The first-order valence-electron chi connectivity index (χ1n) is 6.40. The largest absolute Gasteiger partial charge is 0.394 e. The van der Waals surface area contributed by atoms with Gasteiger partial charge in [-0.3, -0.25) is 4.55 Å². The van der Waals surface area contributed by atoms with Crippen molar-refractivity contribution in [3.63, 3.8) is 0 Å². The molecule has 1 rings (SSSR count). The lowest BCUT2D eigenvalue weighted by Crippen LogP contribution is -2.25. The zero-order valence-corrected chi connectivity index (χ0v) is 13.0. The molecule has 22 heavy (non-hydrogen) atoms. The van der Waals surface area contributed by atoms with E-state index in [2.05, 4.69) is 0 Å². The fraction of sp³-hybridized carbons (Fsp3) is 0.538. The van der Waals surface area contributed by atoms with Crippen LogP contribution in [0, 0.1) is 6.92 Å². The second-order valence-electron chi connectivity index (χ2n) is 4.50. The molecule has 0 heterocycles. The van der Waals surface area contributed by atoms with Crippen molar-refractivity contribution in [2.75, 3.05) is 26.4 Å². The van der Waals surface area contributed by atoms with E-state index < -0.39 is 22.3 Å². The Kier molecular flexibility index (Phi) is 10.1. The van der Waals surface area contributed by atoms with Crippen molar-refractivity contribution in [3.05, 3.63) is 29.8 Å². The van der Waals surface area contributed by atoms with Crippen LogP contribution in [0.3, 0.4) is 0 Å². The average Bonchev–Trinajstić information content (AvgIpc) is 2.47. The van der Waals surface area contributed by atoms with Gasteiger partial charge in [-0.1, -0.05) is 17.7 Å². The maximum Gasteiger partial charge on any atom is 0.294 e. The molecule has 9 heteroatoms. The molecule has 0 aromatic heterocycles. The molecule has 0 spiro atoms.